The molecule has 0 aliphatic heterocycles. The maximum atomic E-state index is 6.03. The van der Waals surface area contributed by atoms with Crippen molar-refractivity contribution in [3.8, 4) is 16.8 Å². The third-order valence-corrected chi connectivity index (χ3v) is 3.43. The van der Waals surface area contributed by atoms with Crippen molar-refractivity contribution in [2.75, 3.05) is 0 Å². The molecule has 3 rings (SSSR count). The van der Waals surface area contributed by atoms with Gasteiger partial charge < -0.3 is 0 Å². The number of rotatable bonds is 3. The second kappa shape index (κ2) is 5.35. The molecule has 2 nitrogen and oxygen atoms in total. The molecule has 0 saturated heterocycles. The van der Waals surface area contributed by atoms with E-state index in [4.69, 9.17) is 11.6 Å². The average molecular weight is 282 g/mol. The third-order valence-electron chi connectivity index (χ3n) is 3.22. The monoisotopic (exact) mass is 281 g/mol. The van der Waals surface area contributed by atoms with Gasteiger partial charge in [-0.3, -0.25) is 4.99 Å². The van der Waals surface area contributed by atoms with Gasteiger partial charge in [-0.2, -0.15) is 4.57 Å². The zero-order valence-electron chi connectivity index (χ0n) is 10.9. The highest BCUT2D eigenvalue weighted by molar-refractivity contribution is 6.30. The number of nitrogens with one attached hydrogen (secondary N) is 1. The quantitative estimate of drug-likeness (QED) is 0.711. The number of aromatic nitrogens is 1. The van der Waals surface area contributed by atoms with Crippen molar-refractivity contribution in [1.29, 1.82) is 0 Å². The van der Waals surface area contributed by atoms with Crippen LogP contribution >= 0.6 is 11.6 Å². The van der Waals surface area contributed by atoms with Crippen LogP contribution < -0.4 is 4.99 Å². The summed E-state index contributed by atoms with van der Waals surface area (Å²) >= 11 is 6.03. The molecule has 2 aromatic carbocycles. The van der Waals surface area contributed by atoms with Crippen molar-refractivity contribution in [3.63, 3.8) is 0 Å². The van der Waals surface area contributed by atoms with Crippen LogP contribution in [-0.4, -0.2) is 11.3 Å². The predicted molar refractivity (Wildman–Crippen MR) is 84.0 cm³/mol. The number of benzene rings is 2. The van der Waals surface area contributed by atoms with E-state index in [9.17, 15) is 0 Å². The largest absolute Gasteiger partial charge is 0.285 e. The van der Waals surface area contributed by atoms with Crippen LogP contribution in [0.15, 0.2) is 66.9 Å². The lowest BCUT2D eigenvalue weighted by Gasteiger charge is -2.03. The van der Waals surface area contributed by atoms with Crippen LogP contribution in [0.4, 0.5) is 5.82 Å². The lowest BCUT2D eigenvalue weighted by molar-refractivity contribution is -0.348. The lowest BCUT2D eigenvalue weighted by atomic mass is 10.1. The molecule has 0 atom stereocenters. The van der Waals surface area contributed by atoms with E-state index < -0.39 is 0 Å². The van der Waals surface area contributed by atoms with E-state index >= 15 is 0 Å². The summed E-state index contributed by atoms with van der Waals surface area (Å²) in [5, 5.41) is 0.684. The van der Waals surface area contributed by atoms with E-state index in [1.165, 1.54) is 11.1 Å². The molecule has 0 aliphatic rings. The summed E-state index contributed by atoms with van der Waals surface area (Å²) in [6, 6.07) is 20.5. The highest BCUT2D eigenvalue weighted by Crippen LogP contribution is 2.24. The summed E-state index contributed by atoms with van der Waals surface area (Å²) in [4.78, 5) is 2.89. The first kappa shape index (κ1) is 12.7. The number of hydrogen-bond donors (Lipinski definition) is 1. The maximum absolute atomic E-state index is 6.03. The topological polar surface area (TPSA) is 18.9 Å². The Balaban J connectivity index is 1.99. The maximum Gasteiger partial charge on any atom is 0.285 e. The van der Waals surface area contributed by atoms with Crippen molar-refractivity contribution >= 4 is 24.1 Å². The first-order valence-electron chi connectivity index (χ1n) is 6.35. The Morgan fingerprint density at radius 1 is 0.900 bits per heavy atom. The van der Waals surface area contributed by atoms with Crippen molar-refractivity contribution in [2.45, 2.75) is 0 Å². The summed E-state index contributed by atoms with van der Waals surface area (Å²) in [5.41, 5.74) is 3.44. The minimum Gasteiger partial charge on any atom is -0.254 e. The van der Waals surface area contributed by atoms with Gasteiger partial charge in [0.05, 0.1) is 17.8 Å². The van der Waals surface area contributed by atoms with Gasteiger partial charge in [0.15, 0.2) is 0 Å². The smallest absolute Gasteiger partial charge is 0.254 e. The molecule has 98 valence electrons. The van der Waals surface area contributed by atoms with Crippen LogP contribution in [-0.2, 0) is 0 Å². The minimum absolute atomic E-state index is 0.684. The summed E-state index contributed by atoms with van der Waals surface area (Å²) < 4.78 is 1.98. The highest BCUT2D eigenvalue weighted by Gasteiger charge is 2.12. The van der Waals surface area contributed by atoms with Crippen molar-refractivity contribution in [1.82, 2.24) is 4.57 Å². The fourth-order valence-electron chi connectivity index (χ4n) is 2.23. The molecule has 1 N–H and O–H groups in total. The molecule has 0 saturated carbocycles. The zero-order chi connectivity index (χ0) is 13.9. The van der Waals surface area contributed by atoms with E-state index in [0.29, 0.717) is 5.02 Å². The Labute approximate surface area is 123 Å². The van der Waals surface area contributed by atoms with Crippen LogP contribution in [0.5, 0.6) is 0 Å². The molecule has 3 aromatic rings. The number of nitrogens with zero attached hydrogens (tertiary/aromatic N) is 1. The summed E-state index contributed by atoms with van der Waals surface area (Å²) in [6.45, 7) is 3.69. The first-order valence-corrected chi connectivity index (χ1v) is 6.72. The molecule has 3 heteroatoms. The molecule has 0 bridgehead atoms. The van der Waals surface area contributed by atoms with Gasteiger partial charge in [0.2, 0.25) is 0 Å². The number of halogens is 1. The Morgan fingerprint density at radius 2 is 1.55 bits per heavy atom. The van der Waals surface area contributed by atoms with Gasteiger partial charge in [-0.25, -0.2) is 0 Å². The van der Waals surface area contributed by atoms with Gasteiger partial charge in [-0.1, -0.05) is 54.1 Å². The van der Waals surface area contributed by atoms with E-state index in [2.05, 4.69) is 48.1 Å². The van der Waals surface area contributed by atoms with Crippen LogP contribution in [0.25, 0.3) is 16.8 Å². The second-order valence-corrected chi connectivity index (χ2v) is 4.94. The van der Waals surface area contributed by atoms with E-state index in [1.807, 2.05) is 35.0 Å². The number of hydrogen-bond acceptors (Lipinski definition) is 0. The SMILES string of the molecule is C=[NH+]c1cc(Cl)cn1-c1ccc(-c2ccccc2)cc1. The van der Waals surface area contributed by atoms with E-state index in [1.54, 1.807) is 0 Å². The molecule has 0 aliphatic carbocycles. The molecule has 0 radical (unpaired) electrons. The lowest BCUT2D eigenvalue weighted by Crippen LogP contribution is -2.59. The Bertz CT molecular complexity index is 727. The average Bonchev–Trinajstić information content (AvgIpc) is 2.89. The van der Waals surface area contributed by atoms with Gasteiger partial charge >= 0.3 is 0 Å². The fourth-order valence-corrected chi connectivity index (χ4v) is 2.43. The first-order chi connectivity index (χ1) is 9.78. The van der Waals surface area contributed by atoms with Crippen molar-refractivity contribution in [2.24, 2.45) is 0 Å². The summed E-state index contributed by atoms with van der Waals surface area (Å²) in [6.07, 6.45) is 1.87. The molecule has 0 unspecified atom stereocenters. The fraction of sp³-hybridized carbons (Fsp3) is 0. The van der Waals surface area contributed by atoms with Gasteiger partial charge in [0, 0.05) is 0 Å². The summed E-state index contributed by atoms with van der Waals surface area (Å²) in [5.74, 6) is 0.863. The standard InChI is InChI=1S/C17H13ClN2/c1-19-17-11-15(18)12-20(17)16-9-7-14(8-10-16)13-5-3-2-4-6-13/h2-12H,1H2/p+1. The van der Waals surface area contributed by atoms with Gasteiger partial charge in [-0.05, 0) is 23.3 Å². The molecular formula is C17H14ClN2+. The van der Waals surface area contributed by atoms with Crippen molar-refractivity contribution in [3.05, 3.63) is 71.9 Å². The Hall–Kier alpha value is -2.32. The van der Waals surface area contributed by atoms with Gasteiger partial charge in [0.1, 0.15) is 11.9 Å². The molecule has 0 spiro atoms. The normalized spacial score (nSPS) is 10.4. The van der Waals surface area contributed by atoms with Crippen LogP contribution in [0, 0.1) is 0 Å². The molecule has 1 heterocycles. The molecular weight excluding hydrogens is 268 g/mol. The molecule has 20 heavy (non-hydrogen) atoms. The van der Waals surface area contributed by atoms with E-state index in [0.717, 1.165) is 11.5 Å². The third kappa shape index (κ3) is 2.38. The predicted octanol–water partition coefficient (Wildman–Crippen LogP) is 3.21. The summed E-state index contributed by atoms with van der Waals surface area (Å²) in [7, 11) is 0. The van der Waals surface area contributed by atoms with Gasteiger partial charge in [-0.15, -0.1) is 0 Å². The molecule has 0 amide bonds. The minimum atomic E-state index is 0.684. The second-order valence-electron chi connectivity index (χ2n) is 4.50. The highest BCUT2D eigenvalue weighted by atomic mass is 35.5. The molecule has 0 fully saturated rings. The van der Waals surface area contributed by atoms with Crippen molar-refractivity contribution < 1.29 is 4.99 Å². The zero-order valence-corrected chi connectivity index (χ0v) is 11.6. The molecule has 1 aromatic heterocycles. The Morgan fingerprint density at radius 3 is 2.20 bits per heavy atom. The Kier molecular flexibility index (Phi) is 3.40. The van der Waals surface area contributed by atoms with E-state index in [-0.39, 0.29) is 0 Å². The van der Waals surface area contributed by atoms with Crippen LogP contribution in [0.3, 0.4) is 0 Å². The van der Waals surface area contributed by atoms with Crippen LogP contribution in [0.2, 0.25) is 5.02 Å². The van der Waals surface area contributed by atoms with Crippen LogP contribution in [0.1, 0.15) is 0 Å². The van der Waals surface area contributed by atoms with Gasteiger partial charge in [0.25, 0.3) is 5.82 Å².